The van der Waals surface area contributed by atoms with Crippen molar-refractivity contribution >= 4 is 5.97 Å². The van der Waals surface area contributed by atoms with E-state index >= 15 is 0 Å². The normalized spacial score (nSPS) is 17.9. The highest BCUT2D eigenvalue weighted by molar-refractivity contribution is 5.92. The molecule has 0 N–H and O–H groups in total. The van der Waals surface area contributed by atoms with E-state index in [0.29, 0.717) is 5.92 Å². The van der Waals surface area contributed by atoms with Crippen molar-refractivity contribution in [1.29, 1.82) is 0 Å². The largest absolute Gasteiger partial charge is 0.465 e. The van der Waals surface area contributed by atoms with Crippen LogP contribution in [0.15, 0.2) is 24.3 Å². The fourth-order valence-electron chi connectivity index (χ4n) is 5.46. The van der Waals surface area contributed by atoms with Gasteiger partial charge in [0.05, 0.1) is 12.7 Å². The molecule has 0 heterocycles. The van der Waals surface area contributed by atoms with Crippen LogP contribution in [0.25, 0.3) is 0 Å². The second kappa shape index (κ2) is 6.26. The van der Waals surface area contributed by atoms with Crippen LogP contribution in [0.2, 0.25) is 0 Å². The van der Waals surface area contributed by atoms with Crippen LogP contribution in [0.4, 0.5) is 0 Å². The first-order valence-corrected chi connectivity index (χ1v) is 10.1. The maximum atomic E-state index is 12.2. The molecular weight excluding hydrogens is 320 g/mol. The Balaban J connectivity index is 1.40. The molecule has 2 aromatic carbocycles. The molecule has 2 heteroatoms. The van der Waals surface area contributed by atoms with E-state index in [1.807, 2.05) is 0 Å². The van der Waals surface area contributed by atoms with Gasteiger partial charge >= 0.3 is 5.97 Å². The predicted molar refractivity (Wildman–Crippen MR) is 103 cm³/mol. The van der Waals surface area contributed by atoms with Gasteiger partial charge in [0, 0.05) is 0 Å². The van der Waals surface area contributed by atoms with Crippen LogP contribution in [0.3, 0.4) is 0 Å². The molecule has 0 amide bonds. The van der Waals surface area contributed by atoms with Crippen LogP contribution in [0.1, 0.15) is 62.1 Å². The van der Waals surface area contributed by atoms with E-state index in [0.717, 1.165) is 31.2 Å². The minimum Gasteiger partial charge on any atom is -0.465 e. The highest BCUT2D eigenvalue weighted by Crippen LogP contribution is 2.35. The van der Waals surface area contributed by atoms with E-state index in [-0.39, 0.29) is 5.97 Å². The van der Waals surface area contributed by atoms with Crippen molar-refractivity contribution in [2.24, 2.45) is 5.92 Å². The van der Waals surface area contributed by atoms with Crippen LogP contribution >= 0.6 is 0 Å². The zero-order valence-corrected chi connectivity index (χ0v) is 15.6. The molecule has 0 unspecified atom stereocenters. The van der Waals surface area contributed by atoms with Crippen molar-refractivity contribution in [3.05, 3.63) is 68.8 Å². The third-order valence-corrected chi connectivity index (χ3v) is 6.64. The first-order valence-electron chi connectivity index (χ1n) is 10.1. The SMILES string of the molecule is COC(=O)c1cc(CC2Cc3cc4c(cc3C2)CCC4)cc2c1CCC2. The molecule has 5 rings (SSSR count). The van der Waals surface area contributed by atoms with Crippen molar-refractivity contribution in [2.45, 2.75) is 57.8 Å². The molecule has 26 heavy (non-hydrogen) atoms. The van der Waals surface area contributed by atoms with Crippen LogP contribution in [0.5, 0.6) is 0 Å². The summed E-state index contributed by atoms with van der Waals surface area (Å²) in [7, 11) is 1.49. The van der Waals surface area contributed by atoms with Crippen molar-refractivity contribution in [3.8, 4) is 0 Å². The van der Waals surface area contributed by atoms with Crippen molar-refractivity contribution in [1.82, 2.24) is 0 Å². The number of ether oxygens (including phenoxy) is 1. The smallest absolute Gasteiger partial charge is 0.338 e. The third kappa shape index (κ3) is 2.67. The summed E-state index contributed by atoms with van der Waals surface area (Å²) in [5.74, 6) is 0.494. The molecule has 0 fully saturated rings. The van der Waals surface area contributed by atoms with Gasteiger partial charge in [-0.1, -0.05) is 18.2 Å². The molecule has 0 aromatic heterocycles. The minimum atomic E-state index is -0.170. The molecule has 0 atom stereocenters. The van der Waals surface area contributed by atoms with Crippen LogP contribution in [-0.2, 0) is 49.7 Å². The summed E-state index contributed by atoms with van der Waals surface area (Å²) < 4.78 is 5.04. The molecule has 0 aliphatic heterocycles. The molecule has 134 valence electrons. The zero-order valence-electron chi connectivity index (χ0n) is 15.6. The van der Waals surface area contributed by atoms with Crippen LogP contribution < -0.4 is 0 Å². The zero-order chi connectivity index (χ0) is 17.7. The van der Waals surface area contributed by atoms with Crippen molar-refractivity contribution in [2.75, 3.05) is 7.11 Å². The topological polar surface area (TPSA) is 26.3 Å². The van der Waals surface area contributed by atoms with E-state index in [1.54, 1.807) is 22.3 Å². The number of carbonyl (C=O) groups is 1. The number of rotatable bonds is 3. The highest BCUT2D eigenvalue weighted by Gasteiger charge is 2.26. The van der Waals surface area contributed by atoms with Gasteiger partial charge in [-0.2, -0.15) is 0 Å². The Morgan fingerprint density at radius 2 is 1.54 bits per heavy atom. The lowest BCUT2D eigenvalue weighted by Crippen LogP contribution is -2.09. The summed E-state index contributed by atoms with van der Waals surface area (Å²) in [5.41, 5.74) is 11.1. The first kappa shape index (κ1) is 16.1. The Morgan fingerprint density at radius 3 is 2.23 bits per heavy atom. The number of benzene rings is 2. The highest BCUT2D eigenvalue weighted by atomic mass is 16.5. The van der Waals surface area contributed by atoms with Gasteiger partial charge in [0.1, 0.15) is 0 Å². The standard InChI is InChI=1S/C24H26O2/c1-26-24(25)23-12-16(9-19-6-3-7-22(19)23)8-15-10-20-13-17-4-2-5-18(17)14-21(20)11-15/h9,12-15H,2-8,10-11H2,1H3. The number of fused-ring (bicyclic) bond motifs is 3. The van der Waals surface area contributed by atoms with E-state index in [2.05, 4.69) is 24.3 Å². The van der Waals surface area contributed by atoms with Gasteiger partial charge in [0.25, 0.3) is 0 Å². The van der Waals surface area contributed by atoms with Gasteiger partial charge in [-0.3, -0.25) is 0 Å². The first-order chi connectivity index (χ1) is 12.7. The number of esters is 1. The van der Waals surface area contributed by atoms with Gasteiger partial charge in [0.2, 0.25) is 0 Å². The lowest BCUT2D eigenvalue weighted by atomic mass is 9.92. The second-order valence-corrected chi connectivity index (χ2v) is 8.35. The van der Waals surface area contributed by atoms with Gasteiger partial charge in [0.15, 0.2) is 0 Å². The summed E-state index contributed by atoms with van der Waals surface area (Å²) >= 11 is 0. The van der Waals surface area contributed by atoms with Gasteiger partial charge in [-0.05, 0) is 109 Å². The fraction of sp³-hybridized carbons (Fsp3) is 0.458. The molecule has 0 saturated heterocycles. The summed E-state index contributed by atoms with van der Waals surface area (Å²) in [6.07, 6.45) is 10.6. The quantitative estimate of drug-likeness (QED) is 0.770. The minimum absolute atomic E-state index is 0.170. The van der Waals surface area contributed by atoms with Gasteiger partial charge < -0.3 is 4.74 Å². The summed E-state index contributed by atoms with van der Waals surface area (Å²) in [4.78, 5) is 12.2. The summed E-state index contributed by atoms with van der Waals surface area (Å²) in [6, 6.07) is 9.44. The van der Waals surface area contributed by atoms with Gasteiger partial charge in [-0.25, -0.2) is 4.79 Å². The Kier molecular flexibility index (Phi) is 3.88. The monoisotopic (exact) mass is 346 g/mol. The molecule has 3 aliphatic carbocycles. The summed E-state index contributed by atoms with van der Waals surface area (Å²) in [6.45, 7) is 0. The maximum absolute atomic E-state index is 12.2. The van der Waals surface area contributed by atoms with Crippen molar-refractivity contribution in [3.63, 3.8) is 0 Å². The van der Waals surface area contributed by atoms with Crippen molar-refractivity contribution < 1.29 is 9.53 Å². The Hall–Kier alpha value is -2.09. The lowest BCUT2D eigenvalue weighted by molar-refractivity contribution is 0.0599. The maximum Gasteiger partial charge on any atom is 0.338 e. The van der Waals surface area contributed by atoms with Crippen LogP contribution in [-0.4, -0.2) is 13.1 Å². The molecular formula is C24H26O2. The fourth-order valence-corrected chi connectivity index (χ4v) is 5.46. The van der Waals surface area contributed by atoms with E-state index in [1.165, 1.54) is 55.9 Å². The lowest BCUT2D eigenvalue weighted by Gasteiger charge is -2.14. The third-order valence-electron chi connectivity index (χ3n) is 6.64. The molecule has 2 aromatic rings. The Morgan fingerprint density at radius 1 is 0.885 bits per heavy atom. The average Bonchev–Trinajstić information content (AvgIpc) is 3.36. The van der Waals surface area contributed by atoms with Gasteiger partial charge in [-0.15, -0.1) is 0 Å². The molecule has 3 aliphatic rings. The predicted octanol–water partition coefficient (Wildman–Crippen LogP) is 4.41. The summed E-state index contributed by atoms with van der Waals surface area (Å²) in [5, 5.41) is 0. The molecule has 0 radical (unpaired) electrons. The molecule has 0 saturated carbocycles. The molecule has 2 nitrogen and oxygen atoms in total. The van der Waals surface area contributed by atoms with E-state index in [9.17, 15) is 4.79 Å². The van der Waals surface area contributed by atoms with E-state index < -0.39 is 0 Å². The number of hydrogen-bond donors (Lipinski definition) is 0. The molecule has 0 spiro atoms. The van der Waals surface area contributed by atoms with E-state index in [4.69, 9.17) is 4.74 Å². The number of aryl methyl sites for hydroxylation is 3. The number of hydrogen-bond acceptors (Lipinski definition) is 2. The Labute approximate surface area is 155 Å². The second-order valence-electron chi connectivity index (χ2n) is 8.35. The Bertz CT molecular complexity index is 861. The average molecular weight is 346 g/mol. The van der Waals surface area contributed by atoms with Crippen LogP contribution in [0, 0.1) is 5.92 Å². The molecule has 0 bridgehead atoms. The number of methoxy groups -OCH3 is 1. The number of carbonyl (C=O) groups excluding carboxylic acids is 1.